The van der Waals surface area contributed by atoms with Gasteiger partial charge in [-0.2, -0.15) is 0 Å². The molecule has 3 rings (SSSR count). The summed E-state index contributed by atoms with van der Waals surface area (Å²) >= 11 is 0. The zero-order valence-corrected chi connectivity index (χ0v) is 16.5. The van der Waals surface area contributed by atoms with Crippen LogP contribution in [0.15, 0.2) is 77.8 Å². The number of benzene rings is 2. The van der Waals surface area contributed by atoms with Crippen molar-refractivity contribution in [3.63, 3.8) is 0 Å². The summed E-state index contributed by atoms with van der Waals surface area (Å²) in [5.41, 5.74) is 1.18. The fraction of sp³-hybridized carbons (Fsp3) is 0.143. The van der Waals surface area contributed by atoms with Gasteiger partial charge in [0.25, 0.3) is 0 Å². The molecule has 0 unspecified atom stereocenters. The zero-order chi connectivity index (χ0) is 20.9. The highest BCUT2D eigenvalue weighted by Crippen LogP contribution is 2.18. The van der Waals surface area contributed by atoms with Crippen molar-refractivity contribution in [1.29, 1.82) is 0 Å². The number of hydrogen-bond acceptors (Lipinski definition) is 5. The van der Waals surface area contributed by atoms with Gasteiger partial charge >= 0.3 is 5.97 Å². The Kier molecular flexibility index (Phi) is 6.26. The van der Waals surface area contributed by atoms with Crippen LogP contribution in [-0.4, -0.2) is 31.8 Å². The van der Waals surface area contributed by atoms with Crippen LogP contribution >= 0.6 is 0 Å². The minimum absolute atomic E-state index is 0.0412. The molecule has 1 heterocycles. The number of hydrogen-bond donors (Lipinski definition) is 2. The molecular weight excluding hydrogens is 392 g/mol. The van der Waals surface area contributed by atoms with E-state index < -0.39 is 28.6 Å². The lowest BCUT2D eigenvalue weighted by molar-refractivity contribution is 0.0473. The van der Waals surface area contributed by atoms with Crippen molar-refractivity contribution in [3.05, 3.63) is 89.7 Å². The van der Waals surface area contributed by atoms with E-state index in [4.69, 9.17) is 4.74 Å². The number of H-pyrrole nitrogens is 1. The largest absolute Gasteiger partial charge is 0.454 e. The summed E-state index contributed by atoms with van der Waals surface area (Å²) in [6.45, 7) is 1.29. The Morgan fingerprint density at radius 2 is 1.79 bits per heavy atom. The Morgan fingerprint density at radius 1 is 1.03 bits per heavy atom. The summed E-state index contributed by atoms with van der Waals surface area (Å²) in [6.07, 6.45) is 1.59. The molecule has 0 aliphatic heterocycles. The molecule has 0 saturated heterocycles. The monoisotopic (exact) mass is 412 g/mol. The molecule has 8 heteroatoms. The van der Waals surface area contributed by atoms with Crippen LogP contribution in [0.2, 0.25) is 0 Å². The van der Waals surface area contributed by atoms with Crippen LogP contribution in [0.4, 0.5) is 0 Å². The molecule has 0 saturated carbocycles. The van der Waals surface area contributed by atoms with Gasteiger partial charge in [0.05, 0.1) is 16.2 Å². The first-order valence-corrected chi connectivity index (χ1v) is 10.4. The molecular formula is C21H20N2O5S. The molecule has 0 spiro atoms. The van der Waals surface area contributed by atoms with Crippen molar-refractivity contribution >= 4 is 21.8 Å². The third-order valence-corrected chi connectivity index (χ3v) is 5.78. The number of nitrogens with one attached hydrogen (secondary N) is 2. The van der Waals surface area contributed by atoms with Gasteiger partial charge in [-0.1, -0.05) is 36.4 Å². The van der Waals surface area contributed by atoms with Gasteiger partial charge in [-0.25, -0.2) is 17.9 Å². The maximum atomic E-state index is 12.7. The third kappa shape index (κ3) is 5.18. The number of rotatable bonds is 8. The second-order valence-corrected chi connectivity index (χ2v) is 8.08. The number of aromatic nitrogens is 1. The highest BCUT2D eigenvalue weighted by atomic mass is 32.2. The van der Waals surface area contributed by atoms with Crippen molar-refractivity contribution < 1.29 is 22.7 Å². The van der Waals surface area contributed by atoms with Gasteiger partial charge in [0, 0.05) is 12.2 Å². The standard InChI is InChI=1S/C21H20N2O5S/c1-15(16-7-3-2-4-8-16)23-29(26,27)18-10-5-9-17(13-18)21(25)28-14-20(24)19-11-6-12-22-19/h2-13,15,22-23H,14H2,1H3/t15-/m1/s1. The Labute approximate surface area is 168 Å². The smallest absolute Gasteiger partial charge is 0.338 e. The Balaban J connectivity index is 1.69. The summed E-state index contributed by atoms with van der Waals surface area (Å²) in [4.78, 5) is 26.8. The molecule has 0 radical (unpaired) electrons. The minimum atomic E-state index is -3.86. The van der Waals surface area contributed by atoms with Gasteiger partial charge in [0.2, 0.25) is 15.8 Å². The topological polar surface area (TPSA) is 105 Å². The van der Waals surface area contributed by atoms with Crippen LogP contribution < -0.4 is 4.72 Å². The highest BCUT2D eigenvalue weighted by Gasteiger charge is 2.20. The molecule has 2 N–H and O–H groups in total. The molecule has 1 aromatic heterocycles. The van der Waals surface area contributed by atoms with E-state index in [-0.39, 0.29) is 16.2 Å². The SMILES string of the molecule is C[C@@H](NS(=O)(=O)c1cccc(C(=O)OCC(=O)c2ccc[nH]2)c1)c1ccccc1. The van der Waals surface area contributed by atoms with E-state index in [1.807, 2.05) is 30.3 Å². The number of carbonyl (C=O) groups excluding carboxylic acids is 2. The van der Waals surface area contributed by atoms with Crippen LogP contribution in [-0.2, 0) is 14.8 Å². The fourth-order valence-corrected chi connectivity index (χ4v) is 3.97. The fourth-order valence-electron chi connectivity index (χ4n) is 2.70. The van der Waals surface area contributed by atoms with E-state index in [9.17, 15) is 18.0 Å². The first-order chi connectivity index (χ1) is 13.9. The second-order valence-electron chi connectivity index (χ2n) is 6.36. The Bertz CT molecular complexity index is 1090. The van der Waals surface area contributed by atoms with E-state index >= 15 is 0 Å². The number of sulfonamides is 1. The Morgan fingerprint density at radius 3 is 2.48 bits per heavy atom. The van der Waals surface area contributed by atoms with Gasteiger partial charge in [-0.3, -0.25) is 4.79 Å². The van der Waals surface area contributed by atoms with Gasteiger partial charge < -0.3 is 9.72 Å². The molecule has 29 heavy (non-hydrogen) atoms. The van der Waals surface area contributed by atoms with Crippen LogP contribution in [0, 0.1) is 0 Å². The quantitative estimate of drug-likeness (QED) is 0.437. The lowest BCUT2D eigenvalue weighted by Crippen LogP contribution is -2.27. The van der Waals surface area contributed by atoms with E-state index in [1.165, 1.54) is 24.3 Å². The lowest BCUT2D eigenvalue weighted by atomic mass is 10.1. The minimum Gasteiger partial charge on any atom is -0.454 e. The maximum Gasteiger partial charge on any atom is 0.338 e. The third-order valence-electron chi connectivity index (χ3n) is 4.24. The average Bonchev–Trinajstić information content (AvgIpc) is 3.27. The first-order valence-electron chi connectivity index (χ1n) is 8.88. The molecule has 0 fully saturated rings. The number of ketones is 1. The van der Waals surface area contributed by atoms with Crippen molar-refractivity contribution in [1.82, 2.24) is 9.71 Å². The molecule has 1 atom stereocenters. The van der Waals surface area contributed by atoms with Crippen molar-refractivity contribution in [3.8, 4) is 0 Å². The van der Waals surface area contributed by atoms with Crippen LogP contribution in [0.25, 0.3) is 0 Å². The molecule has 0 amide bonds. The molecule has 2 aromatic carbocycles. The van der Waals surface area contributed by atoms with Gasteiger partial charge in [0.1, 0.15) is 0 Å². The summed E-state index contributed by atoms with van der Waals surface area (Å²) in [5.74, 6) is -1.16. The van der Waals surface area contributed by atoms with Crippen LogP contribution in [0.3, 0.4) is 0 Å². The predicted molar refractivity (Wildman–Crippen MR) is 107 cm³/mol. The summed E-state index contributed by atoms with van der Waals surface area (Å²) in [7, 11) is -3.86. The van der Waals surface area contributed by atoms with Gasteiger partial charge in [0.15, 0.2) is 6.61 Å². The predicted octanol–water partition coefficient (Wildman–Crippen LogP) is 3.09. The molecule has 3 aromatic rings. The highest BCUT2D eigenvalue weighted by molar-refractivity contribution is 7.89. The molecule has 0 bridgehead atoms. The normalized spacial score (nSPS) is 12.3. The zero-order valence-electron chi connectivity index (χ0n) is 15.7. The molecule has 0 aliphatic rings. The summed E-state index contributed by atoms with van der Waals surface area (Å²) in [6, 6.07) is 17.4. The molecule has 0 aliphatic carbocycles. The van der Waals surface area contributed by atoms with Gasteiger partial charge in [-0.15, -0.1) is 0 Å². The number of ether oxygens (including phenoxy) is 1. The number of Topliss-reactive ketones (excluding diaryl/α,β-unsaturated/α-hetero) is 1. The van der Waals surface area contributed by atoms with Crippen LogP contribution in [0.1, 0.15) is 39.4 Å². The van der Waals surface area contributed by atoms with Crippen molar-refractivity contribution in [2.24, 2.45) is 0 Å². The number of carbonyl (C=O) groups is 2. The van der Waals surface area contributed by atoms with E-state index in [2.05, 4.69) is 9.71 Å². The van der Waals surface area contributed by atoms with E-state index in [0.717, 1.165) is 5.56 Å². The molecule has 150 valence electrons. The average molecular weight is 412 g/mol. The van der Waals surface area contributed by atoms with Crippen molar-refractivity contribution in [2.45, 2.75) is 17.9 Å². The van der Waals surface area contributed by atoms with E-state index in [0.29, 0.717) is 5.69 Å². The number of esters is 1. The van der Waals surface area contributed by atoms with E-state index in [1.54, 1.807) is 25.3 Å². The lowest BCUT2D eigenvalue weighted by Gasteiger charge is -2.15. The first kappa shape index (κ1) is 20.5. The van der Waals surface area contributed by atoms with Crippen molar-refractivity contribution in [2.75, 3.05) is 6.61 Å². The van der Waals surface area contributed by atoms with Gasteiger partial charge in [-0.05, 0) is 42.8 Å². The Hall–Kier alpha value is -3.23. The maximum absolute atomic E-state index is 12.7. The van der Waals surface area contributed by atoms with Crippen LogP contribution in [0.5, 0.6) is 0 Å². The summed E-state index contributed by atoms with van der Waals surface area (Å²) in [5, 5.41) is 0. The second kappa shape index (κ2) is 8.85. The summed E-state index contributed by atoms with van der Waals surface area (Å²) < 4.78 is 33.0. The number of aromatic amines is 1. The molecule has 7 nitrogen and oxygen atoms in total.